The van der Waals surface area contributed by atoms with Crippen LogP contribution < -0.4 is 5.32 Å². The van der Waals surface area contributed by atoms with Crippen LogP contribution in [0.1, 0.15) is 47.6 Å². The first-order valence-electron chi connectivity index (χ1n) is 9.95. The number of likely N-dealkylation sites (tertiary alicyclic amines) is 1. The SMILES string of the molecule is O=C(Cc1ccc2c(c1)CCC2)NC(CN1CCCC1)c1ccccc1. The Morgan fingerprint density at radius 3 is 2.54 bits per heavy atom. The van der Waals surface area contributed by atoms with Crippen LogP contribution in [0.2, 0.25) is 0 Å². The zero-order valence-corrected chi connectivity index (χ0v) is 15.4. The Morgan fingerprint density at radius 2 is 1.73 bits per heavy atom. The fraction of sp³-hybridized carbons (Fsp3) is 0.435. The first-order valence-corrected chi connectivity index (χ1v) is 9.95. The molecule has 1 heterocycles. The average Bonchev–Trinajstić information content (AvgIpc) is 3.33. The zero-order chi connectivity index (χ0) is 17.8. The third-order valence-electron chi connectivity index (χ3n) is 5.70. The van der Waals surface area contributed by atoms with Gasteiger partial charge in [0.05, 0.1) is 12.5 Å². The maximum Gasteiger partial charge on any atom is 0.224 e. The molecule has 136 valence electrons. The number of fused-ring (bicyclic) bond motifs is 1. The molecular weight excluding hydrogens is 320 g/mol. The van der Waals surface area contributed by atoms with Gasteiger partial charge in [-0.25, -0.2) is 0 Å². The molecule has 3 nitrogen and oxygen atoms in total. The monoisotopic (exact) mass is 348 g/mol. The predicted molar refractivity (Wildman–Crippen MR) is 105 cm³/mol. The molecule has 1 atom stereocenters. The van der Waals surface area contributed by atoms with Crippen molar-refractivity contribution in [1.29, 1.82) is 0 Å². The molecule has 4 rings (SSSR count). The largest absolute Gasteiger partial charge is 0.348 e. The van der Waals surface area contributed by atoms with Crippen LogP contribution in [-0.4, -0.2) is 30.4 Å². The quantitative estimate of drug-likeness (QED) is 0.864. The second-order valence-corrected chi connectivity index (χ2v) is 7.67. The molecule has 1 aliphatic heterocycles. The summed E-state index contributed by atoms with van der Waals surface area (Å²) in [7, 11) is 0. The van der Waals surface area contributed by atoms with Gasteiger partial charge in [-0.1, -0.05) is 48.5 Å². The van der Waals surface area contributed by atoms with E-state index in [1.54, 1.807) is 0 Å². The van der Waals surface area contributed by atoms with Gasteiger partial charge in [-0.05, 0) is 67.4 Å². The van der Waals surface area contributed by atoms with E-state index < -0.39 is 0 Å². The fourth-order valence-corrected chi connectivity index (χ4v) is 4.31. The molecule has 0 bridgehead atoms. The summed E-state index contributed by atoms with van der Waals surface area (Å²) in [4.78, 5) is 15.2. The smallest absolute Gasteiger partial charge is 0.224 e. The van der Waals surface area contributed by atoms with E-state index >= 15 is 0 Å². The van der Waals surface area contributed by atoms with Crippen molar-refractivity contribution >= 4 is 5.91 Å². The number of nitrogens with zero attached hydrogens (tertiary/aromatic N) is 1. The molecular formula is C23H28N2O. The van der Waals surface area contributed by atoms with Gasteiger partial charge in [0.15, 0.2) is 0 Å². The van der Waals surface area contributed by atoms with Crippen molar-refractivity contribution in [2.45, 2.75) is 44.6 Å². The van der Waals surface area contributed by atoms with Gasteiger partial charge in [-0.3, -0.25) is 4.79 Å². The highest BCUT2D eigenvalue weighted by molar-refractivity contribution is 5.79. The van der Waals surface area contributed by atoms with Gasteiger partial charge in [-0.2, -0.15) is 0 Å². The van der Waals surface area contributed by atoms with E-state index in [4.69, 9.17) is 0 Å². The van der Waals surface area contributed by atoms with Gasteiger partial charge in [-0.15, -0.1) is 0 Å². The highest BCUT2D eigenvalue weighted by Gasteiger charge is 2.21. The van der Waals surface area contributed by atoms with Crippen molar-refractivity contribution in [1.82, 2.24) is 10.2 Å². The van der Waals surface area contributed by atoms with E-state index in [1.807, 2.05) is 6.07 Å². The molecule has 2 aromatic carbocycles. The van der Waals surface area contributed by atoms with Crippen molar-refractivity contribution in [2.24, 2.45) is 0 Å². The first kappa shape index (κ1) is 17.3. The van der Waals surface area contributed by atoms with E-state index in [-0.39, 0.29) is 11.9 Å². The highest BCUT2D eigenvalue weighted by Crippen LogP contribution is 2.23. The highest BCUT2D eigenvalue weighted by atomic mass is 16.1. The van der Waals surface area contributed by atoms with E-state index in [0.717, 1.165) is 31.6 Å². The minimum Gasteiger partial charge on any atom is -0.348 e. The lowest BCUT2D eigenvalue weighted by molar-refractivity contribution is -0.121. The molecule has 26 heavy (non-hydrogen) atoms. The van der Waals surface area contributed by atoms with Gasteiger partial charge in [0.25, 0.3) is 0 Å². The van der Waals surface area contributed by atoms with Gasteiger partial charge < -0.3 is 10.2 Å². The van der Waals surface area contributed by atoms with Gasteiger partial charge in [0.1, 0.15) is 0 Å². The minimum atomic E-state index is 0.0660. The molecule has 2 aliphatic rings. The van der Waals surface area contributed by atoms with Gasteiger partial charge in [0, 0.05) is 6.54 Å². The predicted octanol–water partition coefficient (Wildman–Crippen LogP) is 3.67. The molecule has 2 aromatic rings. The third-order valence-corrected chi connectivity index (χ3v) is 5.70. The molecule has 0 radical (unpaired) electrons. The van der Waals surface area contributed by atoms with E-state index in [9.17, 15) is 4.79 Å². The normalized spacial score (nSPS) is 17.8. The molecule has 1 saturated heterocycles. The number of amides is 1. The number of benzene rings is 2. The Kier molecular flexibility index (Phi) is 5.35. The van der Waals surface area contributed by atoms with Crippen LogP contribution in [0.15, 0.2) is 48.5 Å². The number of aryl methyl sites for hydroxylation is 2. The van der Waals surface area contributed by atoms with Crippen molar-refractivity contribution in [3.63, 3.8) is 0 Å². The van der Waals surface area contributed by atoms with Crippen LogP contribution in [0, 0.1) is 0 Å². The van der Waals surface area contributed by atoms with Crippen LogP contribution >= 0.6 is 0 Å². The maximum absolute atomic E-state index is 12.7. The summed E-state index contributed by atoms with van der Waals surface area (Å²) in [6.07, 6.45) is 6.60. The van der Waals surface area contributed by atoms with E-state index in [0.29, 0.717) is 6.42 Å². The summed E-state index contributed by atoms with van der Waals surface area (Å²) in [5, 5.41) is 3.30. The molecule has 1 amide bonds. The Morgan fingerprint density at radius 1 is 0.962 bits per heavy atom. The molecule has 1 fully saturated rings. The second-order valence-electron chi connectivity index (χ2n) is 7.67. The van der Waals surface area contributed by atoms with Gasteiger partial charge >= 0.3 is 0 Å². The van der Waals surface area contributed by atoms with Crippen molar-refractivity contribution in [2.75, 3.05) is 19.6 Å². The maximum atomic E-state index is 12.7. The Labute approximate surface area is 156 Å². The molecule has 0 spiro atoms. The molecule has 1 N–H and O–H groups in total. The number of hydrogen-bond acceptors (Lipinski definition) is 2. The van der Waals surface area contributed by atoms with Crippen LogP contribution in [0.4, 0.5) is 0 Å². The minimum absolute atomic E-state index is 0.0660. The Hall–Kier alpha value is -2.13. The standard InChI is InChI=1S/C23H28N2O/c26-23(16-18-11-12-19-9-6-10-21(19)15-18)24-22(17-25-13-4-5-14-25)20-7-2-1-3-8-20/h1-3,7-8,11-12,15,22H,4-6,9-10,13-14,16-17H2,(H,24,26). The van der Waals surface area contributed by atoms with Gasteiger partial charge in [0.2, 0.25) is 5.91 Å². The molecule has 1 aliphatic carbocycles. The van der Waals surface area contributed by atoms with Crippen LogP contribution in [-0.2, 0) is 24.1 Å². The lowest BCUT2D eigenvalue weighted by atomic mass is 10.0. The van der Waals surface area contributed by atoms with E-state index in [1.165, 1.54) is 42.4 Å². The summed E-state index contributed by atoms with van der Waals surface area (Å²) in [6, 6.07) is 17.0. The molecule has 0 saturated carbocycles. The summed E-state index contributed by atoms with van der Waals surface area (Å²) in [5.74, 6) is 0.121. The Balaban J connectivity index is 1.43. The van der Waals surface area contributed by atoms with Crippen molar-refractivity contribution in [3.8, 4) is 0 Å². The molecule has 3 heteroatoms. The zero-order valence-electron chi connectivity index (χ0n) is 15.4. The van der Waals surface area contributed by atoms with Crippen molar-refractivity contribution in [3.05, 3.63) is 70.8 Å². The summed E-state index contributed by atoms with van der Waals surface area (Å²) in [6.45, 7) is 3.19. The number of hydrogen-bond donors (Lipinski definition) is 1. The number of rotatable bonds is 6. The number of nitrogens with one attached hydrogen (secondary N) is 1. The van der Waals surface area contributed by atoms with Crippen LogP contribution in [0.5, 0.6) is 0 Å². The van der Waals surface area contributed by atoms with Crippen molar-refractivity contribution < 1.29 is 4.79 Å². The topological polar surface area (TPSA) is 32.3 Å². The Bertz CT molecular complexity index is 750. The van der Waals surface area contributed by atoms with Crippen LogP contribution in [0.3, 0.4) is 0 Å². The van der Waals surface area contributed by atoms with Crippen LogP contribution in [0.25, 0.3) is 0 Å². The van der Waals surface area contributed by atoms with E-state index in [2.05, 4.69) is 52.7 Å². The lowest BCUT2D eigenvalue weighted by Gasteiger charge is -2.25. The number of carbonyl (C=O) groups is 1. The summed E-state index contributed by atoms with van der Waals surface area (Å²) >= 11 is 0. The average molecular weight is 348 g/mol. The number of carbonyl (C=O) groups excluding carboxylic acids is 1. The lowest BCUT2D eigenvalue weighted by Crippen LogP contribution is -2.37. The second kappa shape index (κ2) is 8.05. The summed E-state index contributed by atoms with van der Waals surface area (Å²) in [5.41, 5.74) is 5.23. The summed E-state index contributed by atoms with van der Waals surface area (Å²) < 4.78 is 0. The third kappa shape index (κ3) is 4.16. The first-order chi connectivity index (χ1) is 12.8. The molecule has 1 unspecified atom stereocenters. The fourth-order valence-electron chi connectivity index (χ4n) is 4.31. The molecule has 0 aromatic heterocycles.